The lowest BCUT2D eigenvalue weighted by Crippen LogP contribution is -2.38. The Bertz CT molecular complexity index is 1270. The van der Waals surface area contributed by atoms with Crippen molar-refractivity contribution >= 4 is 22.5 Å². The summed E-state index contributed by atoms with van der Waals surface area (Å²) in [7, 11) is 0. The second kappa shape index (κ2) is 7.75. The van der Waals surface area contributed by atoms with Gasteiger partial charge in [-0.3, -0.25) is 9.69 Å². The van der Waals surface area contributed by atoms with Gasteiger partial charge in [0.25, 0.3) is 5.56 Å². The lowest BCUT2D eigenvalue weighted by atomic mass is 10.1. The van der Waals surface area contributed by atoms with Gasteiger partial charge in [0.1, 0.15) is 11.2 Å². The largest absolute Gasteiger partial charge is 0.416 e. The number of nitrogens with zero attached hydrogens (tertiary/aromatic N) is 5. The molecule has 2 aliphatic heterocycles. The fourth-order valence-corrected chi connectivity index (χ4v) is 4.23. The molecule has 1 aromatic carbocycles. The average Bonchev–Trinajstić information content (AvgIpc) is 3.13. The summed E-state index contributed by atoms with van der Waals surface area (Å²) in [4.78, 5) is 19.2. The van der Waals surface area contributed by atoms with Crippen LogP contribution in [0.4, 0.5) is 19.0 Å². The van der Waals surface area contributed by atoms with E-state index < -0.39 is 17.3 Å². The van der Waals surface area contributed by atoms with Gasteiger partial charge in [0.15, 0.2) is 11.5 Å². The minimum absolute atomic E-state index is 0.00533. The first-order chi connectivity index (χ1) is 15.3. The van der Waals surface area contributed by atoms with Gasteiger partial charge >= 0.3 is 6.18 Å². The Morgan fingerprint density at radius 1 is 1.19 bits per heavy atom. The Kier molecular flexibility index (Phi) is 5.01. The summed E-state index contributed by atoms with van der Waals surface area (Å²) < 4.78 is 48.3. The molecular weight excluding hydrogens is 425 g/mol. The van der Waals surface area contributed by atoms with Crippen LogP contribution in [-0.2, 0) is 23.9 Å². The average molecular weight is 446 g/mol. The van der Waals surface area contributed by atoms with E-state index in [1.807, 2.05) is 4.57 Å². The van der Waals surface area contributed by atoms with Gasteiger partial charge < -0.3 is 15.0 Å². The van der Waals surface area contributed by atoms with E-state index in [0.29, 0.717) is 48.9 Å². The molecule has 1 saturated heterocycles. The molecule has 4 heterocycles. The Balaban J connectivity index is 1.56. The van der Waals surface area contributed by atoms with E-state index in [0.717, 1.165) is 31.8 Å². The van der Waals surface area contributed by atoms with Crippen molar-refractivity contribution in [2.75, 3.05) is 38.6 Å². The van der Waals surface area contributed by atoms with Crippen molar-refractivity contribution in [3.63, 3.8) is 0 Å². The van der Waals surface area contributed by atoms with Crippen molar-refractivity contribution < 1.29 is 17.9 Å². The maximum atomic E-state index is 13.2. The number of alkyl halides is 3. The van der Waals surface area contributed by atoms with Crippen molar-refractivity contribution in [1.29, 1.82) is 0 Å². The van der Waals surface area contributed by atoms with Crippen LogP contribution >= 0.6 is 0 Å². The van der Waals surface area contributed by atoms with Crippen LogP contribution in [0.1, 0.15) is 17.0 Å². The summed E-state index contributed by atoms with van der Waals surface area (Å²) in [6, 6.07) is 5.03. The molecule has 2 aliphatic rings. The molecule has 0 aliphatic carbocycles. The van der Waals surface area contributed by atoms with Crippen LogP contribution in [0.2, 0.25) is 0 Å². The van der Waals surface area contributed by atoms with Crippen molar-refractivity contribution in [3.8, 4) is 0 Å². The summed E-state index contributed by atoms with van der Waals surface area (Å²) in [5, 5.41) is 4.46. The van der Waals surface area contributed by atoms with Crippen LogP contribution in [0.3, 0.4) is 0 Å². The fraction of sp³-hybridized carbons (Fsp3) is 0.381. The van der Waals surface area contributed by atoms with Crippen LogP contribution in [-0.4, -0.2) is 57.1 Å². The monoisotopic (exact) mass is 446 g/mol. The highest BCUT2D eigenvalue weighted by Gasteiger charge is 2.31. The lowest BCUT2D eigenvalue weighted by Gasteiger charge is -2.27. The third-order valence-corrected chi connectivity index (χ3v) is 5.84. The molecule has 8 nitrogen and oxygen atoms in total. The standard InChI is InChI=1S/C21H21F3N6O2/c22-21(23,24)14-3-1-2-13(12-14)15-4-7-29-16(5-6-28-8-10-32-11-9-28)26-19(31)17-18(25)27-30(15)20(17)29/h1-4,12H,5-11H2,(H2,25,27). The molecule has 5 rings (SSSR count). The molecule has 0 radical (unpaired) electrons. The number of anilines is 1. The molecule has 0 unspecified atom stereocenters. The van der Waals surface area contributed by atoms with Crippen molar-refractivity contribution in [2.45, 2.75) is 19.1 Å². The number of nitrogen functional groups attached to an aromatic ring is 1. The van der Waals surface area contributed by atoms with Crippen LogP contribution < -0.4 is 11.3 Å². The number of rotatable bonds is 4. The first kappa shape index (κ1) is 20.7. The zero-order chi connectivity index (χ0) is 22.5. The van der Waals surface area contributed by atoms with Crippen LogP contribution in [0.25, 0.3) is 16.7 Å². The molecule has 2 N–H and O–H groups in total. The first-order valence-electron chi connectivity index (χ1n) is 10.3. The summed E-state index contributed by atoms with van der Waals surface area (Å²) in [5.41, 5.74) is 6.02. The summed E-state index contributed by atoms with van der Waals surface area (Å²) >= 11 is 0. The third kappa shape index (κ3) is 3.56. The number of nitrogens with two attached hydrogens (primary N) is 1. The van der Waals surface area contributed by atoms with Crippen LogP contribution in [0.15, 0.2) is 35.1 Å². The van der Waals surface area contributed by atoms with E-state index in [-0.39, 0.29) is 11.2 Å². The number of benzene rings is 1. The number of halogens is 3. The molecule has 0 spiro atoms. The number of hydrogen-bond donors (Lipinski definition) is 1. The number of ether oxygens (including phenoxy) is 1. The van der Waals surface area contributed by atoms with Gasteiger partial charge in [-0.1, -0.05) is 12.1 Å². The second-order valence-electron chi connectivity index (χ2n) is 7.81. The minimum Gasteiger partial charge on any atom is -0.381 e. The van der Waals surface area contributed by atoms with E-state index in [2.05, 4.69) is 15.0 Å². The van der Waals surface area contributed by atoms with Crippen molar-refractivity contribution in [2.24, 2.45) is 0 Å². The van der Waals surface area contributed by atoms with Gasteiger partial charge in [0, 0.05) is 38.2 Å². The highest BCUT2D eigenvalue weighted by atomic mass is 19.4. The van der Waals surface area contributed by atoms with E-state index >= 15 is 0 Å². The molecule has 3 aromatic rings. The highest BCUT2D eigenvalue weighted by Crippen LogP contribution is 2.33. The smallest absolute Gasteiger partial charge is 0.381 e. The summed E-state index contributed by atoms with van der Waals surface area (Å²) in [6.45, 7) is 4.04. The molecule has 168 valence electrons. The van der Waals surface area contributed by atoms with E-state index in [1.54, 1.807) is 12.1 Å². The van der Waals surface area contributed by atoms with Crippen molar-refractivity contribution in [1.82, 2.24) is 24.2 Å². The molecule has 0 saturated carbocycles. The third-order valence-electron chi connectivity index (χ3n) is 5.84. The van der Waals surface area contributed by atoms with Gasteiger partial charge in [-0.25, -0.2) is 4.68 Å². The van der Waals surface area contributed by atoms with Crippen LogP contribution in [0.5, 0.6) is 0 Å². The van der Waals surface area contributed by atoms with E-state index in [1.165, 1.54) is 10.7 Å². The van der Waals surface area contributed by atoms with Gasteiger partial charge in [0.2, 0.25) is 0 Å². The maximum absolute atomic E-state index is 13.2. The molecule has 0 bridgehead atoms. The van der Waals surface area contributed by atoms with E-state index in [9.17, 15) is 18.0 Å². The Labute approximate surface area is 180 Å². The Morgan fingerprint density at radius 2 is 1.97 bits per heavy atom. The van der Waals surface area contributed by atoms with Gasteiger partial charge in [-0.15, -0.1) is 5.10 Å². The quantitative estimate of drug-likeness (QED) is 0.659. The molecule has 2 aromatic heterocycles. The Hall–Kier alpha value is -3.18. The van der Waals surface area contributed by atoms with Crippen LogP contribution in [0, 0.1) is 0 Å². The minimum atomic E-state index is -4.46. The number of morpholine rings is 1. The summed E-state index contributed by atoms with van der Waals surface area (Å²) in [6.07, 6.45) is -2.14. The second-order valence-corrected chi connectivity index (χ2v) is 7.81. The molecule has 0 atom stereocenters. The number of allylic oxidation sites excluding steroid dienone is 1. The predicted molar refractivity (Wildman–Crippen MR) is 112 cm³/mol. The zero-order valence-corrected chi connectivity index (χ0v) is 17.1. The molecule has 32 heavy (non-hydrogen) atoms. The predicted octanol–water partition coefficient (Wildman–Crippen LogP) is 1.97. The SMILES string of the molecule is Nc1nn2c3c1c(=O)nc(CCN1CCOCC1)n3CC=C2c1cccc(C(F)(F)F)c1. The topological polar surface area (TPSA) is 91.2 Å². The van der Waals surface area contributed by atoms with Gasteiger partial charge in [0.05, 0.1) is 24.5 Å². The maximum Gasteiger partial charge on any atom is 0.416 e. The normalized spacial score (nSPS) is 17.0. The lowest BCUT2D eigenvalue weighted by molar-refractivity contribution is -0.137. The van der Waals surface area contributed by atoms with Crippen molar-refractivity contribution in [3.05, 3.63) is 57.6 Å². The van der Waals surface area contributed by atoms with Gasteiger partial charge in [-0.2, -0.15) is 18.2 Å². The molecule has 0 amide bonds. The first-order valence-corrected chi connectivity index (χ1v) is 10.3. The number of hydrogen-bond acceptors (Lipinski definition) is 6. The Morgan fingerprint density at radius 3 is 2.72 bits per heavy atom. The fourth-order valence-electron chi connectivity index (χ4n) is 4.23. The molecule has 1 fully saturated rings. The molecular formula is C21H21F3N6O2. The van der Waals surface area contributed by atoms with E-state index in [4.69, 9.17) is 10.5 Å². The van der Waals surface area contributed by atoms with Gasteiger partial charge in [-0.05, 0) is 18.2 Å². The number of aromatic nitrogens is 4. The highest BCUT2D eigenvalue weighted by molar-refractivity contribution is 5.90. The molecule has 11 heteroatoms. The summed E-state index contributed by atoms with van der Waals surface area (Å²) in [5.74, 6) is 0.597. The zero-order valence-electron chi connectivity index (χ0n) is 17.1.